The van der Waals surface area contributed by atoms with E-state index in [-0.39, 0.29) is 11.9 Å². The van der Waals surface area contributed by atoms with E-state index in [1.807, 2.05) is 6.92 Å². The Balaban J connectivity index is 1.52. The molecule has 1 aromatic rings. The summed E-state index contributed by atoms with van der Waals surface area (Å²) in [5.41, 5.74) is 2.08. The lowest BCUT2D eigenvalue weighted by molar-refractivity contribution is -0.123. The van der Waals surface area contributed by atoms with Crippen LogP contribution in [0.2, 0.25) is 0 Å². The highest BCUT2D eigenvalue weighted by molar-refractivity contribution is 5.82. The van der Waals surface area contributed by atoms with Crippen molar-refractivity contribution in [1.82, 2.24) is 20.8 Å². The summed E-state index contributed by atoms with van der Waals surface area (Å²) in [7, 11) is 0. The lowest BCUT2D eigenvalue weighted by Crippen LogP contribution is -2.42. The SMILES string of the molecule is Cc1[nH]ncc1CNC(=O)C1CC2CCCCC2N1. The van der Waals surface area contributed by atoms with E-state index in [9.17, 15) is 4.79 Å². The van der Waals surface area contributed by atoms with E-state index in [4.69, 9.17) is 0 Å². The molecule has 2 fully saturated rings. The van der Waals surface area contributed by atoms with Crippen molar-refractivity contribution in [2.24, 2.45) is 5.92 Å². The van der Waals surface area contributed by atoms with Crippen molar-refractivity contribution in [2.75, 3.05) is 0 Å². The molecular weight excluding hydrogens is 240 g/mol. The van der Waals surface area contributed by atoms with E-state index in [0.29, 0.717) is 18.5 Å². The standard InChI is InChI=1S/C14H22N4O/c1-9-11(8-16-18-9)7-15-14(19)13-6-10-4-2-3-5-12(10)17-13/h8,10,12-13,17H,2-7H2,1H3,(H,15,19)(H,16,18). The van der Waals surface area contributed by atoms with Gasteiger partial charge >= 0.3 is 0 Å². The number of hydrogen-bond acceptors (Lipinski definition) is 3. The van der Waals surface area contributed by atoms with E-state index < -0.39 is 0 Å². The molecule has 2 heterocycles. The molecule has 0 aromatic carbocycles. The summed E-state index contributed by atoms with van der Waals surface area (Å²) >= 11 is 0. The van der Waals surface area contributed by atoms with Crippen LogP contribution in [0, 0.1) is 12.8 Å². The molecule has 1 saturated heterocycles. The molecule has 3 N–H and O–H groups in total. The molecule has 104 valence electrons. The van der Waals surface area contributed by atoms with Gasteiger partial charge in [0.05, 0.1) is 12.2 Å². The number of aromatic nitrogens is 2. The number of nitrogens with zero attached hydrogens (tertiary/aromatic N) is 1. The van der Waals surface area contributed by atoms with Gasteiger partial charge in [-0.1, -0.05) is 12.8 Å². The number of aromatic amines is 1. The summed E-state index contributed by atoms with van der Waals surface area (Å²) in [5.74, 6) is 0.843. The Morgan fingerprint density at radius 1 is 1.47 bits per heavy atom. The van der Waals surface area contributed by atoms with E-state index in [1.54, 1.807) is 6.20 Å². The van der Waals surface area contributed by atoms with Crippen LogP contribution in [0.25, 0.3) is 0 Å². The fraction of sp³-hybridized carbons (Fsp3) is 0.714. The summed E-state index contributed by atoms with van der Waals surface area (Å²) in [6.45, 7) is 2.53. The van der Waals surface area contributed by atoms with Crippen LogP contribution in [0.3, 0.4) is 0 Å². The quantitative estimate of drug-likeness (QED) is 0.768. The number of rotatable bonds is 3. The van der Waals surface area contributed by atoms with Crippen molar-refractivity contribution in [1.29, 1.82) is 0 Å². The summed E-state index contributed by atoms with van der Waals surface area (Å²) in [6.07, 6.45) is 7.91. The third-order valence-electron chi connectivity index (χ3n) is 4.57. The third kappa shape index (κ3) is 2.66. The monoisotopic (exact) mass is 262 g/mol. The van der Waals surface area contributed by atoms with Gasteiger partial charge in [-0.25, -0.2) is 0 Å². The fourth-order valence-electron chi connectivity index (χ4n) is 3.38. The van der Waals surface area contributed by atoms with Crippen molar-refractivity contribution < 1.29 is 4.79 Å². The number of H-pyrrole nitrogens is 1. The Morgan fingerprint density at radius 2 is 2.32 bits per heavy atom. The first-order valence-electron chi connectivity index (χ1n) is 7.26. The van der Waals surface area contributed by atoms with Gasteiger partial charge in [0.15, 0.2) is 0 Å². The Hall–Kier alpha value is -1.36. The van der Waals surface area contributed by atoms with Crippen LogP contribution in [-0.4, -0.2) is 28.2 Å². The van der Waals surface area contributed by atoms with Crippen LogP contribution in [-0.2, 0) is 11.3 Å². The highest BCUT2D eigenvalue weighted by atomic mass is 16.2. The zero-order valence-corrected chi connectivity index (χ0v) is 11.4. The lowest BCUT2D eigenvalue weighted by Gasteiger charge is -2.24. The summed E-state index contributed by atoms with van der Waals surface area (Å²) in [4.78, 5) is 12.2. The van der Waals surface area contributed by atoms with Gasteiger partial charge in [0.25, 0.3) is 0 Å². The van der Waals surface area contributed by atoms with Crippen LogP contribution in [0.4, 0.5) is 0 Å². The predicted molar refractivity (Wildman–Crippen MR) is 72.5 cm³/mol. The van der Waals surface area contributed by atoms with E-state index >= 15 is 0 Å². The van der Waals surface area contributed by atoms with Gasteiger partial charge in [0.1, 0.15) is 0 Å². The summed E-state index contributed by atoms with van der Waals surface area (Å²) in [5, 5.41) is 13.4. The molecule has 5 heteroatoms. The highest BCUT2D eigenvalue weighted by Gasteiger charge is 2.37. The lowest BCUT2D eigenvalue weighted by atomic mass is 9.85. The van der Waals surface area contributed by atoms with E-state index in [0.717, 1.165) is 17.7 Å². The Bertz CT molecular complexity index is 442. The first-order chi connectivity index (χ1) is 9.24. The average Bonchev–Trinajstić information content (AvgIpc) is 3.01. The van der Waals surface area contributed by atoms with Crippen LogP contribution in [0.5, 0.6) is 0 Å². The number of fused-ring (bicyclic) bond motifs is 1. The molecule has 0 bridgehead atoms. The molecule has 5 nitrogen and oxygen atoms in total. The number of aryl methyl sites for hydroxylation is 1. The fourth-order valence-corrected chi connectivity index (χ4v) is 3.38. The van der Waals surface area contributed by atoms with E-state index in [1.165, 1.54) is 25.7 Å². The molecule has 19 heavy (non-hydrogen) atoms. The van der Waals surface area contributed by atoms with Gasteiger partial charge in [-0.2, -0.15) is 5.10 Å². The largest absolute Gasteiger partial charge is 0.351 e. The normalized spacial score (nSPS) is 30.1. The highest BCUT2D eigenvalue weighted by Crippen LogP contribution is 2.33. The van der Waals surface area contributed by atoms with Gasteiger partial charge < -0.3 is 10.6 Å². The minimum atomic E-state index is 0.000284. The smallest absolute Gasteiger partial charge is 0.237 e. The van der Waals surface area contributed by atoms with Gasteiger partial charge in [-0.15, -0.1) is 0 Å². The molecule has 1 saturated carbocycles. The van der Waals surface area contributed by atoms with Gasteiger partial charge in [0.2, 0.25) is 5.91 Å². The number of amides is 1. The van der Waals surface area contributed by atoms with Gasteiger partial charge in [0, 0.05) is 23.8 Å². The number of carbonyl (C=O) groups is 1. The van der Waals surface area contributed by atoms with E-state index in [2.05, 4.69) is 20.8 Å². The van der Waals surface area contributed by atoms with Crippen LogP contribution < -0.4 is 10.6 Å². The molecule has 1 amide bonds. The molecule has 1 aromatic heterocycles. The van der Waals surface area contributed by atoms with Crippen LogP contribution in [0.15, 0.2) is 6.20 Å². The predicted octanol–water partition coefficient (Wildman–Crippen LogP) is 1.26. The van der Waals surface area contributed by atoms with Gasteiger partial charge in [-0.3, -0.25) is 9.89 Å². The minimum absolute atomic E-state index is 0.000284. The van der Waals surface area contributed by atoms with Crippen molar-refractivity contribution in [3.05, 3.63) is 17.5 Å². The molecule has 3 unspecified atom stereocenters. The van der Waals surface area contributed by atoms with Crippen molar-refractivity contribution in [2.45, 2.75) is 57.7 Å². The van der Waals surface area contributed by atoms with Crippen molar-refractivity contribution in [3.63, 3.8) is 0 Å². The topological polar surface area (TPSA) is 69.8 Å². The number of nitrogens with one attached hydrogen (secondary N) is 3. The summed E-state index contributed by atoms with van der Waals surface area (Å²) in [6, 6.07) is 0.570. The van der Waals surface area contributed by atoms with Crippen LogP contribution >= 0.6 is 0 Å². The molecule has 1 aliphatic carbocycles. The molecule has 3 rings (SSSR count). The maximum atomic E-state index is 12.2. The second-order valence-electron chi connectivity index (χ2n) is 5.84. The average molecular weight is 262 g/mol. The maximum absolute atomic E-state index is 12.2. The second-order valence-corrected chi connectivity index (χ2v) is 5.84. The molecule has 0 spiro atoms. The number of hydrogen-bond donors (Lipinski definition) is 3. The molecule has 2 aliphatic rings. The molecule has 0 radical (unpaired) electrons. The summed E-state index contributed by atoms with van der Waals surface area (Å²) < 4.78 is 0. The van der Waals surface area contributed by atoms with Crippen LogP contribution in [0.1, 0.15) is 43.4 Å². The molecule has 1 aliphatic heterocycles. The van der Waals surface area contributed by atoms with Gasteiger partial charge in [-0.05, 0) is 32.1 Å². The molecular formula is C14H22N4O. The first-order valence-corrected chi connectivity index (χ1v) is 7.26. The Labute approximate surface area is 113 Å². The van der Waals surface area contributed by atoms with Crippen molar-refractivity contribution >= 4 is 5.91 Å². The zero-order chi connectivity index (χ0) is 13.2. The number of carbonyl (C=O) groups excluding carboxylic acids is 1. The molecule has 3 atom stereocenters. The second kappa shape index (κ2) is 5.33. The Morgan fingerprint density at radius 3 is 3.05 bits per heavy atom. The maximum Gasteiger partial charge on any atom is 0.237 e. The third-order valence-corrected chi connectivity index (χ3v) is 4.57. The first kappa shape index (κ1) is 12.7. The zero-order valence-electron chi connectivity index (χ0n) is 11.4. The van der Waals surface area contributed by atoms with Crippen molar-refractivity contribution in [3.8, 4) is 0 Å². The minimum Gasteiger partial charge on any atom is -0.351 e. The Kier molecular flexibility index (Phi) is 3.55.